The van der Waals surface area contributed by atoms with Gasteiger partial charge in [0.15, 0.2) is 0 Å². The van der Waals surface area contributed by atoms with Crippen molar-refractivity contribution >= 4 is 17.5 Å². The summed E-state index contributed by atoms with van der Waals surface area (Å²) in [7, 11) is 1.59. The third kappa shape index (κ3) is 4.71. The summed E-state index contributed by atoms with van der Waals surface area (Å²) in [6.45, 7) is 4.37. The second kappa shape index (κ2) is 8.91. The number of amides is 2. The Bertz CT molecular complexity index is 835. The second-order valence-corrected chi connectivity index (χ2v) is 7.51. The first-order valence-electron chi connectivity index (χ1n) is 9.77. The summed E-state index contributed by atoms with van der Waals surface area (Å²) in [6.07, 6.45) is 2.01. The van der Waals surface area contributed by atoms with Gasteiger partial charge in [0.05, 0.1) is 18.7 Å². The smallest absolute Gasteiger partial charge is 0.227 e. The van der Waals surface area contributed by atoms with E-state index in [4.69, 9.17) is 4.74 Å². The molecule has 0 bridgehead atoms. The predicted molar refractivity (Wildman–Crippen MR) is 111 cm³/mol. The number of carbonyl (C=O) groups excluding carboxylic acids is 2. The highest BCUT2D eigenvalue weighted by atomic mass is 16.5. The number of carbonyl (C=O) groups is 2. The molecule has 0 aromatic heterocycles. The van der Waals surface area contributed by atoms with Crippen LogP contribution in [0.2, 0.25) is 0 Å². The van der Waals surface area contributed by atoms with Gasteiger partial charge in [-0.25, -0.2) is 0 Å². The van der Waals surface area contributed by atoms with Gasteiger partial charge >= 0.3 is 0 Å². The fraction of sp³-hybridized carbons (Fsp3) is 0.391. The maximum Gasteiger partial charge on any atom is 0.227 e. The first-order valence-corrected chi connectivity index (χ1v) is 9.77. The number of nitrogens with one attached hydrogen (secondary N) is 1. The summed E-state index contributed by atoms with van der Waals surface area (Å²) in [5.41, 5.74) is 3.04. The lowest BCUT2D eigenvalue weighted by molar-refractivity contribution is -0.126. The number of hydrogen-bond donors (Lipinski definition) is 1. The molecule has 0 aliphatic carbocycles. The average molecular weight is 380 g/mol. The summed E-state index contributed by atoms with van der Waals surface area (Å²) in [4.78, 5) is 26.9. The SMILES string of the molecule is COc1ccc(C)cc1N1CC(C(=O)NC(C)CCc2ccccc2)CC1=O. The Morgan fingerprint density at radius 3 is 2.71 bits per heavy atom. The van der Waals surface area contributed by atoms with E-state index in [0.29, 0.717) is 12.3 Å². The van der Waals surface area contributed by atoms with Crippen molar-refractivity contribution in [3.8, 4) is 5.75 Å². The molecular weight excluding hydrogens is 352 g/mol. The number of methoxy groups -OCH3 is 1. The Labute approximate surface area is 166 Å². The zero-order valence-electron chi connectivity index (χ0n) is 16.8. The van der Waals surface area contributed by atoms with E-state index in [-0.39, 0.29) is 30.2 Å². The van der Waals surface area contributed by atoms with Crippen molar-refractivity contribution in [1.29, 1.82) is 0 Å². The minimum atomic E-state index is -0.336. The number of nitrogens with zero attached hydrogens (tertiary/aromatic N) is 1. The van der Waals surface area contributed by atoms with Gasteiger partial charge in [0.25, 0.3) is 0 Å². The molecule has 1 aliphatic heterocycles. The second-order valence-electron chi connectivity index (χ2n) is 7.51. The van der Waals surface area contributed by atoms with Crippen LogP contribution in [0.3, 0.4) is 0 Å². The van der Waals surface area contributed by atoms with Gasteiger partial charge in [0, 0.05) is 19.0 Å². The molecular formula is C23H28N2O3. The molecule has 2 amide bonds. The summed E-state index contributed by atoms with van der Waals surface area (Å²) >= 11 is 0. The van der Waals surface area contributed by atoms with Gasteiger partial charge in [0.2, 0.25) is 11.8 Å². The molecule has 0 saturated carbocycles. The summed E-state index contributed by atoms with van der Waals surface area (Å²) in [5.74, 6) is 0.220. The molecule has 28 heavy (non-hydrogen) atoms. The molecule has 1 saturated heterocycles. The Morgan fingerprint density at radius 1 is 1.25 bits per heavy atom. The largest absolute Gasteiger partial charge is 0.495 e. The van der Waals surface area contributed by atoms with Crippen LogP contribution in [0.15, 0.2) is 48.5 Å². The van der Waals surface area contributed by atoms with Gasteiger partial charge in [-0.05, 0) is 49.9 Å². The van der Waals surface area contributed by atoms with Crippen LogP contribution < -0.4 is 15.0 Å². The van der Waals surface area contributed by atoms with Crippen molar-refractivity contribution < 1.29 is 14.3 Å². The molecule has 2 unspecified atom stereocenters. The molecule has 0 spiro atoms. The van der Waals surface area contributed by atoms with E-state index in [1.165, 1.54) is 5.56 Å². The van der Waals surface area contributed by atoms with Crippen molar-refractivity contribution in [1.82, 2.24) is 5.32 Å². The van der Waals surface area contributed by atoms with Crippen molar-refractivity contribution in [3.05, 3.63) is 59.7 Å². The molecule has 1 aliphatic rings. The molecule has 2 atom stereocenters. The van der Waals surface area contributed by atoms with Gasteiger partial charge in [-0.1, -0.05) is 36.4 Å². The predicted octanol–water partition coefficient (Wildman–Crippen LogP) is 3.49. The van der Waals surface area contributed by atoms with E-state index in [1.807, 2.05) is 50.2 Å². The van der Waals surface area contributed by atoms with Crippen LogP contribution in [-0.4, -0.2) is 31.5 Å². The van der Waals surface area contributed by atoms with Crippen LogP contribution in [0, 0.1) is 12.8 Å². The maximum atomic E-state index is 12.7. The monoisotopic (exact) mass is 380 g/mol. The standard InChI is InChI=1S/C23H28N2O3/c1-16-9-12-21(28-3)20(13-16)25-15-19(14-22(25)26)23(27)24-17(2)10-11-18-7-5-4-6-8-18/h4-9,12-13,17,19H,10-11,14-15H2,1-3H3,(H,24,27). The molecule has 2 aromatic carbocycles. The summed E-state index contributed by atoms with van der Waals surface area (Å²) in [6, 6.07) is 16.0. The van der Waals surface area contributed by atoms with E-state index in [0.717, 1.165) is 24.1 Å². The van der Waals surface area contributed by atoms with Gasteiger partial charge in [-0.2, -0.15) is 0 Å². The molecule has 148 valence electrons. The van der Waals surface area contributed by atoms with E-state index >= 15 is 0 Å². The lowest BCUT2D eigenvalue weighted by Gasteiger charge is -2.21. The van der Waals surface area contributed by atoms with Gasteiger partial charge in [0.1, 0.15) is 5.75 Å². The number of ether oxygens (including phenoxy) is 1. The molecule has 5 nitrogen and oxygen atoms in total. The highest BCUT2D eigenvalue weighted by Gasteiger charge is 2.36. The third-order valence-electron chi connectivity index (χ3n) is 5.22. The number of anilines is 1. The number of aryl methyl sites for hydroxylation is 2. The minimum absolute atomic E-state index is 0.0408. The number of hydrogen-bond acceptors (Lipinski definition) is 3. The first kappa shape index (κ1) is 19.9. The highest BCUT2D eigenvalue weighted by molar-refractivity contribution is 6.01. The van der Waals surface area contributed by atoms with E-state index in [1.54, 1.807) is 12.0 Å². The lowest BCUT2D eigenvalue weighted by Crippen LogP contribution is -2.38. The van der Waals surface area contributed by atoms with E-state index in [2.05, 4.69) is 17.4 Å². The normalized spacial score (nSPS) is 17.5. The summed E-state index contributed by atoms with van der Waals surface area (Å²) in [5, 5.41) is 3.08. The zero-order chi connectivity index (χ0) is 20.1. The van der Waals surface area contributed by atoms with E-state index < -0.39 is 0 Å². The van der Waals surface area contributed by atoms with Crippen molar-refractivity contribution in [2.45, 2.75) is 39.2 Å². The molecule has 1 heterocycles. The zero-order valence-corrected chi connectivity index (χ0v) is 16.8. The van der Waals surface area contributed by atoms with E-state index in [9.17, 15) is 9.59 Å². The average Bonchev–Trinajstić information content (AvgIpc) is 3.09. The molecule has 1 fully saturated rings. The molecule has 0 radical (unpaired) electrons. The Balaban J connectivity index is 1.58. The molecule has 3 rings (SSSR count). The molecule has 1 N–H and O–H groups in total. The van der Waals surface area contributed by atoms with Crippen LogP contribution in [0.1, 0.15) is 30.9 Å². The Hall–Kier alpha value is -2.82. The number of rotatable bonds is 7. The molecule has 2 aromatic rings. The van der Waals surface area contributed by atoms with Crippen molar-refractivity contribution in [2.75, 3.05) is 18.6 Å². The van der Waals surface area contributed by atoms with Crippen LogP contribution >= 0.6 is 0 Å². The topological polar surface area (TPSA) is 58.6 Å². The first-order chi connectivity index (χ1) is 13.5. The fourth-order valence-corrected chi connectivity index (χ4v) is 3.59. The van der Waals surface area contributed by atoms with Crippen LogP contribution in [0.25, 0.3) is 0 Å². The molecule has 5 heteroatoms. The Morgan fingerprint density at radius 2 is 2.00 bits per heavy atom. The van der Waals surface area contributed by atoms with Crippen LogP contribution in [-0.2, 0) is 16.0 Å². The van der Waals surface area contributed by atoms with Gasteiger partial charge in [-0.3, -0.25) is 9.59 Å². The van der Waals surface area contributed by atoms with Gasteiger partial charge < -0.3 is 15.0 Å². The van der Waals surface area contributed by atoms with Crippen molar-refractivity contribution in [2.24, 2.45) is 5.92 Å². The van der Waals surface area contributed by atoms with Crippen LogP contribution in [0.4, 0.5) is 5.69 Å². The minimum Gasteiger partial charge on any atom is -0.495 e. The van der Waals surface area contributed by atoms with Crippen molar-refractivity contribution in [3.63, 3.8) is 0 Å². The maximum absolute atomic E-state index is 12.7. The number of benzene rings is 2. The Kier molecular flexibility index (Phi) is 6.34. The summed E-state index contributed by atoms with van der Waals surface area (Å²) < 4.78 is 5.40. The highest BCUT2D eigenvalue weighted by Crippen LogP contribution is 2.34. The lowest BCUT2D eigenvalue weighted by atomic mass is 10.0. The quantitative estimate of drug-likeness (QED) is 0.800. The van der Waals surface area contributed by atoms with Gasteiger partial charge in [-0.15, -0.1) is 0 Å². The van der Waals surface area contributed by atoms with Crippen LogP contribution in [0.5, 0.6) is 5.75 Å². The fourth-order valence-electron chi connectivity index (χ4n) is 3.59. The third-order valence-corrected chi connectivity index (χ3v) is 5.22.